The molecule has 11 nitrogen and oxygen atoms in total. The minimum absolute atomic E-state index is 0.0562. The third-order valence-corrected chi connectivity index (χ3v) is 13.2. The van der Waals surface area contributed by atoms with E-state index in [-0.39, 0.29) is 37.0 Å². The molecule has 60 heavy (non-hydrogen) atoms. The van der Waals surface area contributed by atoms with E-state index in [0.717, 1.165) is 39.2 Å². The zero-order valence-corrected chi connectivity index (χ0v) is 36.3. The van der Waals surface area contributed by atoms with Gasteiger partial charge in [0.05, 0.1) is 23.8 Å². The minimum Gasteiger partial charge on any atom is -0.360 e. The highest BCUT2D eigenvalue weighted by Crippen LogP contribution is 2.40. The molecular weight excluding hydrogens is 769 g/mol. The van der Waals surface area contributed by atoms with Crippen LogP contribution in [-0.4, -0.2) is 85.9 Å². The maximum absolute atomic E-state index is 15.7. The molecule has 2 saturated heterocycles. The van der Waals surface area contributed by atoms with Crippen LogP contribution < -0.4 is 0 Å². The first-order chi connectivity index (χ1) is 28.9. The fourth-order valence-electron chi connectivity index (χ4n) is 8.49. The lowest BCUT2D eigenvalue weighted by Crippen LogP contribution is -2.51. The molecule has 2 aliphatic heterocycles. The zero-order valence-electron chi connectivity index (χ0n) is 35.3. The quantitative estimate of drug-likeness (QED) is 0.0547. The van der Waals surface area contributed by atoms with Crippen LogP contribution in [0.2, 0.25) is 25.7 Å². The van der Waals surface area contributed by atoms with E-state index in [1.165, 1.54) is 0 Å². The Balaban J connectivity index is 1.17. The number of amides is 2. The highest BCUT2D eigenvalue weighted by molar-refractivity contribution is 6.76. The van der Waals surface area contributed by atoms with Crippen LogP contribution in [0.3, 0.4) is 0 Å². The Morgan fingerprint density at radius 3 is 1.97 bits per heavy atom. The number of nitrogens with zero attached hydrogens (tertiary/aromatic N) is 6. The van der Waals surface area contributed by atoms with Gasteiger partial charge in [-0.1, -0.05) is 105 Å². The van der Waals surface area contributed by atoms with Crippen LogP contribution in [0.4, 0.5) is 4.79 Å². The molecule has 0 saturated carbocycles. The van der Waals surface area contributed by atoms with Gasteiger partial charge < -0.3 is 24.0 Å². The molecule has 6 aromatic rings. The molecule has 8 rings (SSSR count). The standard InChI is InChI=1S/C48H56N6O5Si/c1-48(2)58-45-42(28-35-14-8-6-9-15-35)52(31-37-18-12-19-39(26-37)44(55)33-51-23-13-22-49-51)47(56)53(43(46(45)59-48)29-36-16-10-7-11-17-36)32-38-20-21-41-40(27-38)30-50-54(41)34-57-24-25-60(3,4)5/h6-23,26-27,30,42-43,45-46H,24-25,28-29,31-34H2,1-5H3/t42-,43-,45+,46+/m1/s1. The molecule has 2 amide bonds. The first-order valence-corrected chi connectivity index (χ1v) is 24.7. The van der Waals surface area contributed by atoms with Gasteiger partial charge in [0.1, 0.15) is 25.5 Å². The maximum Gasteiger partial charge on any atom is 0.321 e. The van der Waals surface area contributed by atoms with E-state index in [1.807, 2.05) is 95.2 Å². The minimum atomic E-state index is -1.21. The summed E-state index contributed by atoms with van der Waals surface area (Å²) in [6.45, 7) is 12.8. The summed E-state index contributed by atoms with van der Waals surface area (Å²) in [4.78, 5) is 33.1. The smallest absolute Gasteiger partial charge is 0.321 e. The van der Waals surface area contributed by atoms with Gasteiger partial charge in [0.2, 0.25) is 0 Å². The Labute approximate surface area is 353 Å². The normalized spacial score (nSPS) is 20.4. The van der Waals surface area contributed by atoms with Crippen LogP contribution in [0.25, 0.3) is 10.9 Å². The lowest BCUT2D eigenvalue weighted by molar-refractivity contribution is -0.157. The maximum atomic E-state index is 15.7. The number of hydrogen-bond acceptors (Lipinski definition) is 7. The van der Waals surface area contributed by atoms with Crippen molar-refractivity contribution in [3.05, 3.63) is 156 Å². The summed E-state index contributed by atoms with van der Waals surface area (Å²) in [5.41, 5.74) is 5.58. The fourth-order valence-corrected chi connectivity index (χ4v) is 9.24. The van der Waals surface area contributed by atoms with E-state index >= 15 is 4.79 Å². The van der Waals surface area contributed by atoms with E-state index in [1.54, 1.807) is 23.1 Å². The molecule has 2 fully saturated rings. The Hall–Kier alpha value is -5.40. The first-order valence-electron chi connectivity index (χ1n) is 21.0. The number of hydrogen-bond donors (Lipinski definition) is 0. The van der Waals surface area contributed by atoms with Gasteiger partial charge in [-0.05, 0) is 79.3 Å². The first kappa shape index (κ1) is 41.3. The number of carbonyl (C=O) groups excluding carboxylic acids is 2. The van der Waals surface area contributed by atoms with Crippen molar-refractivity contribution in [2.75, 3.05) is 6.61 Å². The third kappa shape index (κ3) is 9.79. The highest BCUT2D eigenvalue weighted by Gasteiger charge is 2.55. The summed E-state index contributed by atoms with van der Waals surface area (Å²) in [5, 5.41) is 9.89. The second-order valence-corrected chi connectivity index (χ2v) is 23.5. The molecule has 312 valence electrons. The van der Waals surface area contributed by atoms with Gasteiger partial charge in [0, 0.05) is 51.1 Å². The van der Waals surface area contributed by atoms with E-state index < -0.39 is 26.1 Å². The number of rotatable bonds is 16. The summed E-state index contributed by atoms with van der Waals surface area (Å²) in [5.74, 6) is -0.945. The van der Waals surface area contributed by atoms with Crippen molar-refractivity contribution in [1.82, 2.24) is 29.4 Å². The third-order valence-electron chi connectivity index (χ3n) is 11.5. The molecule has 4 heterocycles. The second kappa shape index (κ2) is 17.7. The van der Waals surface area contributed by atoms with Crippen LogP contribution >= 0.6 is 0 Å². The SMILES string of the molecule is CC1(C)O[C@@H]2[C@@H](O1)[C@@H](Cc1ccccc1)N(Cc1ccc3c(cnn3COCC[Si](C)(C)C)c1)C(=O)N(Cc1cccc(C(=O)Cn3cccn3)c1)[C@@H]2Cc1ccccc1. The zero-order chi connectivity index (χ0) is 41.9. The van der Waals surface area contributed by atoms with Gasteiger partial charge in [-0.15, -0.1) is 0 Å². The Bertz CT molecular complexity index is 2380. The highest BCUT2D eigenvalue weighted by atomic mass is 28.3. The molecule has 0 unspecified atom stereocenters. The van der Waals surface area contributed by atoms with Crippen molar-refractivity contribution in [3.63, 3.8) is 0 Å². The number of fused-ring (bicyclic) bond motifs is 2. The van der Waals surface area contributed by atoms with E-state index in [2.05, 4.69) is 72.3 Å². The summed E-state index contributed by atoms with van der Waals surface area (Å²) < 4.78 is 23.4. The average Bonchev–Trinajstić information content (AvgIpc) is 3.97. The predicted molar refractivity (Wildman–Crippen MR) is 235 cm³/mol. The number of aromatic nitrogens is 4. The number of ketones is 1. The van der Waals surface area contributed by atoms with Crippen molar-refractivity contribution in [1.29, 1.82) is 0 Å². The van der Waals surface area contributed by atoms with E-state index in [0.29, 0.717) is 38.3 Å². The number of benzene rings is 4. The van der Waals surface area contributed by atoms with Crippen LogP contribution in [0, 0.1) is 0 Å². The summed E-state index contributed by atoms with van der Waals surface area (Å²) in [6, 6.07) is 36.5. The molecular formula is C48H56N6O5Si. The van der Waals surface area contributed by atoms with Gasteiger partial charge in [-0.3, -0.25) is 9.48 Å². The molecule has 4 aromatic carbocycles. The molecule has 0 aliphatic carbocycles. The topological polar surface area (TPSA) is 104 Å². The molecule has 2 aromatic heterocycles. The van der Waals surface area contributed by atoms with Gasteiger partial charge in [0.25, 0.3) is 0 Å². The van der Waals surface area contributed by atoms with Gasteiger partial charge in [-0.25, -0.2) is 9.48 Å². The molecule has 0 radical (unpaired) electrons. The number of Topliss-reactive ketones (excluding diaryl/α,β-unsaturated/α-hetero) is 1. The summed E-state index contributed by atoms with van der Waals surface area (Å²) in [6.07, 6.45) is 5.56. The Kier molecular flexibility index (Phi) is 12.2. The van der Waals surface area contributed by atoms with Crippen LogP contribution in [0.5, 0.6) is 0 Å². The van der Waals surface area contributed by atoms with Gasteiger partial charge >= 0.3 is 6.03 Å². The lowest BCUT2D eigenvalue weighted by atomic mass is 9.90. The molecule has 0 N–H and O–H groups in total. The average molecular weight is 825 g/mol. The van der Waals surface area contributed by atoms with Gasteiger partial charge in [-0.2, -0.15) is 10.2 Å². The molecule has 0 spiro atoms. The molecule has 2 aliphatic rings. The lowest BCUT2D eigenvalue weighted by Gasteiger charge is -2.37. The molecule has 0 bridgehead atoms. The second-order valence-electron chi connectivity index (χ2n) is 17.8. The van der Waals surface area contributed by atoms with Crippen LogP contribution in [0.15, 0.2) is 128 Å². The van der Waals surface area contributed by atoms with Crippen molar-refractivity contribution in [2.45, 2.75) is 109 Å². The molecule has 12 heteroatoms. The van der Waals surface area contributed by atoms with Crippen molar-refractivity contribution in [2.24, 2.45) is 0 Å². The van der Waals surface area contributed by atoms with E-state index in [9.17, 15) is 4.79 Å². The van der Waals surface area contributed by atoms with Gasteiger partial charge in [0.15, 0.2) is 11.6 Å². The number of carbonyl (C=O) groups is 2. The monoisotopic (exact) mass is 824 g/mol. The largest absolute Gasteiger partial charge is 0.360 e. The number of urea groups is 1. The Morgan fingerprint density at radius 1 is 0.750 bits per heavy atom. The van der Waals surface area contributed by atoms with Crippen molar-refractivity contribution < 1.29 is 23.8 Å². The van der Waals surface area contributed by atoms with Crippen molar-refractivity contribution >= 4 is 30.8 Å². The van der Waals surface area contributed by atoms with Crippen LogP contribution in [-0.2, 0) is 53.4 Å². The van der Waals surface area contributed by atoms with E-state index in [4.69, 9.17) is 14.2 Å². The van der Waals surface area contributed by atoms with Crippen LogP contribution in [0.1, 0.15) is 46.5 Å². The number of ether oxygens (including phenoxy) is 3. The predicted octanol–water partition coefficient (Wildman–Crippen LogP) is 8.61. The Morgan fingerprint density at radius 2 is 1.37 bits per heavy atom. The molecule has 4 atom stereocenters. The summed E-state index contributed by atoms with van der Waals surface area (Å²) in [7, 11) is -1.21. The summed E-state index contributed by atoms with van der Waals surface area (Å²) >= 11 is 0. The fraction of sp³-hybridized carbons (Fsp3) is 0.375. The van der Waals surface area contributed by atoms with Crippen molar-refractivity contribution in [3.8, 4) is 0 Å².